The van der Waals surface area contributed by atoms with Crippen molar-refractivity contribution in [2.45, 2.75) is 26.3 Å². The normalized spacial score (nSPS) is 23.4. The molecule has 0 radical (unpaired) electrons. The molecule has 0 bridgehead atoms. The average molecular weight is 249 g/mol. The van der Waals surface area contributed by atoms with Crippen molar-refractivity contribution in [2.24, 2.45) is 11.7 Å². The SMILES string of the molecule is Cc1cc(=O)c(C(=O)N2CCC(C)C2CN)c[nH]1. The highest BCUT2D eigenvalue weighted by atomic mass is 16.2. The predicted octanol–water partition coefficient (Wildman–Crippen LogP) is 0.493. The van der Waals surface area contributed by atoms with E-state index in [9.17, 15) is 9.59 Å². The summed E-state index contributed by atoms with van der Waals surface area (Å²) in [6, 6.07) is 1.49. The molecule has 1 aromatic rings. The summed E-state index contributed by atoms with van der Waals surface area (Å²) < 4.78 is 0. The van der Waals surface area contributed by atoms with Crippen molar-refractivity contribution in [3.05, 3.63) is 33.7 Å². The van der Waals surface area contributed by atoms with E-state index in [1.807, 2.05) is 0 Å². The number of hydrogen-bond donors (Lipinski definition) is 2. The van der Waals surface area contributed by atoms with Gasteiger partial charge in [-0.3, -0.25) is 9.59 Å². The first-order valence-electron chi connectivity index (χ1n) is 6.25. The number of hydrogen-bond acceptors (Lipinski definition) is 3. The number of aromatic amines is 1. The van der Waals surface area contributed by atoms with Crippen LogP contribution in [0.3, 0.4) is 0 Å². The van der Waals surface area contributed by atoms with Gasteiger partial charge in [-0.1, -0.05) is 6.92 Å². The lowest BCUT2D eigenvalue weighted by Gasteiger charge is -2.25. The maximum absolute atomic E-state index is 12.3. The molecule has 5 heteroatoms. The summed E-state index contributed by atoms with van der Waals surface area (Å²) in [5, 5.41) is 0. The monoisotopic (exact) mass is 249 g/mol. The largest absolute Gasteiger partial charge is 0.364 e. The molecular weight excluding hydrogens is 230 g/mol. The van der Waals surface area contributed by atoms with E-state index < -0.39 is 0 Å². The van der Waals surface area contributed by atoms with E-state index in [2.05, 4.69) is 11.9 Å². The van der Waals surface area contributed by atoms with Crippen molar-refractivity contribution in [1.29, 1.82) is 0 Å². The van der Waals surface area contributed by atoms with E-state index in [-0.39, 0.29) is 22.9 Å². The van der Waals surface area contributed by atoms with Gasteiger partial charge < -0.3 is 15.6 Å². The molecule has 5 nitrogen and oxygen atoms in total. The number of likely N-dealkylation sites (tertiary alicyclic amines) is 1. The number of carbonyl (C=O) groups excluding carboxylic acids is 1. The minimum Gasteiger partial charge on any atom is -0.364 e. The highest BCUT2D eigenvalue weighted by molar-refractivity contribution is 5.94. The highest BCUT2D eigenvalue weighted by Gasteiger charge is 2.34. The number of aryl methyl sites for hydroxylation is 1. The second-order valence-corrected chi connectivity index (χ2v) is 4.96. The fraction of sp³-hybridized carbons (Fsp3) is 0.538. The Bertz CT molecular complexity index is 509. The van der Waals surface area contributed by atoms with Gasteiger partial charge in [0.05, 0.1) is 0 Å². The van der Waals surface area contributed by atoms with Crippen LogP contribution in [0.2, 0.25) is 0 Å². The molecule has 2 rings (SSSR count). The van der Waals surface area contributed by atoms with Gasteiger partial charge in [-0.2, -0.15) is 0 Å². The van der Waals surface area contributed by atoms with Gasteiger partial charge in [0.25, 0.3) is 5.91 Å². The molecule has 1 fully saturated rings. The third-order valence-electron chi connectivity index (χ3n) is 3.67. The lowest BCUT2D eigenvalue weighted by atomic mass is 10.0. The maximum atomic E-state index is 12.3. The van der Waals surface area contributed by atoms with Crippen LogP contribution in [-0.4, -0.2) is 34.9 Å². The number of nitrogens with two attached hydrogens (primary N) is 1. The number of pyridine rings is 1. The van der Waals surface area contributed by atoms with Gasteiger partial charge in [0, 0.05) is 37.1 Å². The third-order valence-corrected chi connectivity index (χ3v) is 3.67. The Morgan fingerprint density at radius 2 is 2.33 bits per heavy atom. The summed E-state index contributed by atoms with van der Waals surface area (Å²) in [7, 11) is 0. The molecule has 2 atom stereocenters. The number of carbonyl (C=O) groups is 1. The summed E-state index contributed by atoms with van der Waals surface area (Å²) in [6.45, 7) is 4.99. The van der Waals surface area contributed by atoms with Crippen LogP contribution in [0.15, 0.2) is 17.1 Å². The van der Waals surface area contributed by atoms with E-state index >= 15 is 0 Å². The van der Waals surface area contributed by atoms with Gasteiger partial charge in [-0.15, -0.1) is 0 Å². The molecule has 2 unspecified atom stereocenters. The van der Waals surface area contributed by atoms with Crippen LogP contribution in [-0.2, 0) is 0 Å². The molecule has 2 heterocycles. The van der Waals surface area contributed by atoms with Crippen molar-refractivity contribution in [1.82, 2.24) is 9.88 Å². The third kappa shape index (κ3) is 2.18. The molecule has 1 aliphatic rings. The molecule has 0 saturated carbocycles. The number of amides is 1. The molecule has 1 amide bonds. The highest BCUT2D eigenvalue weighted by Crippen LogP contribution is 2.24. The lowest BCUT2D eigenvalue weighted by Crippen LogP contribution is -2.43. The summed E-state index contributed by atoms with van der Waals surface area (Å²) in [4.78, 5) is 28.8. The Balaban J connectivity index is 2.29. The van der Waals surface area contributed by atoms with Gasteiger partial charge in [-0.25, -0.2) is 0 Å². The number of H-pyrrole nitrogens is 1. The van der Waals surface area contributed by atoms with Crippen LogP contribution in [0.4, 0.5) is 0 Å². The van der Waals surface area contributed by atoms with Crippen LogP contribution in [0, 0.1) is 12.8 Å². The van der Waals surface area contributed by atoms with Gasteiger partial charge in [0.1, 0.15) is 5.56 Å². The molecule has 3 N–H and O–H groups in total. The number of rotatable bonds is 2. The minimum absolute atomic E-state index is 0.0400. The standard InChI is InChI=1S/C13H19N3O2/c1-8-3-4-16(11(8)6-14)13(18)10-7-15-9(2)5-12(10)17/h5,7-8,11H,3-4,6,14H2,1-2H3,(H,15,17). The average Bonchev–Trinajstić information content (AvgIpc) is 2.69. The Kier molecular flexibility index (Phi) is 3.52. The topological polar surface area (TPSA) is 79.2 Å². The summed E-state index contributed by atoms with van der Waals surface area (Å²) >= 11 is 0. The zero-order valence-corrected chi connectivity index (χ0v) is 10.8. The van der Waals surface area contributed by atoms with Gasteiger partial charge in [0.15, 0.2) is 5.43 Å². The van der Waals surface area contributed by atoms with Crippen molar-refractivity contribution >= 4 is 5.91 Å². The smallest absolute Gasteiger partial charge is 0.259 e. The van der Waals surface area contributed by atoms with E-state index in [0.717, 1.165) is 12.1 Å². The zero-order chi connectivity index (χ0) is 13.3. The van der Waals surface area contributed by atoms with Crippen LogP contribution in [0.25, 0.3) is 0 Å². The Hall–Kier alpha value is -1.62. The van der Waals surface area contributed by atoms with Crippen molar-refractivity contribution in [3.8, 4) is 0 Å². The molecule has 18 heavy (non-hydrogen) atoms. The number of aromatic nitrogens is 1. The fourth-order valence-corrected chi connectivity index (χ4v) is 2.51. The first-order valence-corrected chi connectivity index (χ1v) is 6.25. The molecule has 0 aromatic carbocycles. The van der Waals surface area contributed by atoms with Crippen molar-refractivity contribution in [3.63, 3.8) is 0 Å². The van der Waals surface area contributed by atoms with Gasteiger partial charge in [-0.05, 0) is 19.3 Å². The fourth-order valence-electron chi connectivity index (χ4n) is 2.51. The summed E-state index contributed by atoms with van der Waals surface area (Å²) in [6.07, 6.45) is 2.44. The van der Waals surface area contributed by atoms with E-state index in [1.54, 1.807) is 11.8 Å². The zero-order valence-electron chi connectivity index (χ0n) is 10.8. The number of nitrogens with zero attached hydrogens (tertiary/aromatic N) is 1. The summed E-state index contributed by atoms with van der Waals surface area (Å²) in [5.74, 6) is 0.180. The van der Waals surface area contributed by atoms with Crippen LogP contribution < -0.4 is 11.2 Å². The van der Waals surface area contributed by atoms with Crippen LogP contribution >= 0.6 is 0 Å². The second-order valence-electron chi connectivity index (χ2n) is 4.96. The first-order chi connectivity index (χ1) is 8.54. The predicted molar refractivity (Wildman–Crippen MR) is 69.5 cm³/mol. The minimum atomic E-state index is -0.230. The molecule has 1 aliphatic heterocycles. The van der Waals surface area contributed by atoms with E-state index in [4.69, 9.17) is 5.73 Å². The van der Waals surface area contributed by atoms with E-state index in [1.165, 1.54) is 12.3 Å². The van der Waals surface area contributed by atoms with Crippen molar-refractivity contribution < 1.29 is 4.79 Å². The quantitative estimate of drug-likeness (QED) is 0.800. The Morgan fingerprint density at radius 1 is 1.61 bits per heavy atom. The van der Waals surface area contributed by atoms with E-state index in [0.29, 0.717) is 19.0 Å². The molecule has 0 spiro atoms. The van der Waals surface area contributed by atoms with Crippen LogP contribution in [0.5, 0.6) is 0 Å². The maximum Gasteiger partial charge on any atom is 0.259 e. The first kappa shape index (κ1) is 12.8. The Morgan fingerprint density at radius 3 is 2.94 bits per heavy atom. The number of nitrogens with one attached hydrogen (secondary N) is 1. The molecule has 1 aromatic heterocycles. The molecule has 98 valence electrons. The second kappa shape index (κ2) is 4.94. The summed E-state index contributed by atoms with van der Waals surface area (Å²) in [5.41, 5.74) is 6.44. The molecular formula is C13H19N3O2. The molecule has 0 aliphatic carbocycles. The Labute approximate surface area is 106 Å². The van der Waals surface area contributed by atoms with Crippen molar-refractivity contribution in [2.75, 3.05) is 13.1 Å². The van der Waals surface area contributed by atoms with Gasteiger partial charge in [0.2, 0.25) is 0 Å². The lowest BCUT2D eigenvalue weighted by molar-refractivity contribution is 0.0725. The molecule has 1 saturated heterocycles. The van der Waals surface area contributed by atoms with Gasteiger partial charge >= 0.3 is 0 Å². The van der Waals surface area contributed by atoms with Crippen LogP contribution in [0.1, 0.15) is 29.4 Å².